The van der Waals surface area contributed by atoms with E-state index < -0.39 is 17.7 Å². The number of unbranched alkanes of at least 4 members (excludes halogenated alkanes) is 1. The summed E-state index contributed by atoms with van der Waals surface area (Å²) in [6.07, 6.45) is 2.44. The molecule has 2 N–H and O–H groups in total. The fourth-order valence-corrected chi connectivity index (χ4v) is 1.74. The largest absolute Gasteiger partial charge is 0.324 e. The molecule has 0 radical (unpaired) electrons. The average molecular weight is 234 g/mol. The summed E-state index contributed by atoms with van der Waals surface area (Å²) in [6.45, 7) is 2.01. The van der Waals surface area contributed by atoms with E-state index in [-0.39, 0.29) is 10.6 Å². The SMILES string of the molecule is CCCC[C@@H](N)c1c(F)ccc(F)c1Cl. The molecule has 0 bridgehead atoms. The van der Waals surface area contributed by atoms with Crippen LogP contribution in [0.1, 0.15) is 37.8 Å². The summed E-state index contributed by atoms with van der Waals surface area (Å²) in [6, 6.07) is 1.53. The van der Waals surface area contributed by atoms with Crippen LogP contribution in [0.25, 0.3) is 0 Å². The summed E-state index contributed by atoms with van der Waals surface area (Å²) >= 11 is 5.68. The number of benzene rings is 1. The molecule has 0 amide bonds. The maximum absolute atomic E-state index is 13.4. The van der Waals surface area contributed by atoms with E-state index in [0.29, 0.717) is 6.42 Å². The maximum atomic E-state index is 13.4. The first-order valence-corrected chi connectivity index (χ1v) is 5.34. The van der Waals surface area contributed by atoms with Crippen molar-refractivity contribution in [1.29, 1.82) is 0 Å². The van der Waals surface area contributed by atoms with E-state index >= 15 is 0 Å². The smallest absolute Gasteiger partial charge is 0.142 e. The molecule has 0 fully saturated rings. The van der Waals surface area contributed by atoms with E-state index in [4.69, 9.17) is 17.3 Å². The summed E-state index contributed by atoms with van der Waals surface area (Å²) in [5.74, 6) is -1.16. The van der Waals surface area contributed by atoms with Crippen LogP contribution in [-0.2, 0) is 0 Å². The summed E-state index contributed by atoms with van der Waals surface area (Å²) in [5.41, 5.74) is 5.85. The van der Waals surface area contributed by atoms with Gasteiger partial charge in [0.25, 0.3) is 0 Å². The van der Waals surface area contributed by atoms with Gasteiger partial charge in [-0.15, -0.1) is 0 Å². The molecule has 4 heteroatoms. The summed E-state index contributed by atoms with van der Waals surface area (Å²) in [7, 11) is 0. The molecule has 0 unspecified atom stereocenters. The normalized spacial score (nSPS) is 12.9. The Morgan fingerprint density at radius 2 is 1.93 bits per heavy atom. The van der Waals surface area contributed by atoms with Crippen molar-refractivity contribution in [2.24, 2.45) is 5.73 Å². The van der Waals surface area contributed by atoms with Crippen LogP contribution in [0, 0.1) is 11.6 Å². The van der Waals surface area contributed by atoms with Gasteiger partial charge < -0.3 is 5.73 Å². The van der Waals surface area contributed by atoms with Crippen LogP contribution in [0.2, 0.25) is 5.02 Å². The Balaban J connectivity index is 2.96. The van der Waals surface area contributed by atoms with Crippen LogP contribution >= 0.6 is 11.6 Å². The predicted octanol–water partition coefficient (Wildman–Crippen LogP) is 3.81. The third-order valence-corrected chi connectivity index (χ3v) is 2.70. The van der Waals surface area contributed by atoms with Crippen LogP contribution in [0.3, 0.4) is 0 Å². The van der Waals surface area contributed by atoms with E-state index in [9.17, 15) is 8.78 Å². The molecule has 0 aliphatic rings. The van der Waals surface area contributed by atoms with Crippen molar-refractivity contribution >= 4 is 11.6 Å². The first-order valence-electron chi connectivity index (χ1n) is 4.96. The molecule has 0 saturated heterocycles. The molecule has 1 rings (SSSR count). The summed E-state index contributed by atoms with van der Waals surface area (Å²) in [5, 5.41) is -0.196. The molecule has 0 aliphatic carbocycles. The minimum absolute atomic E-state index is 0.0881. The van der Waals surface area contributed by atoms with Gasteiger partial charge in [-0.1, -0.05) is 31.4 Å². The number of halogens is 3. The van der Waals surface area contributed by atoms with Gasteiger partial charge in [-0.2, -0.15) is 0 Å². The van der Waals surface area contributed by atoms with Gasteiger partial charge in [0, 0.05) is 11.6 Å². The monoisotopic (exact) mass is 233 g/mol. The lowest BCUT2D eigenvalue weighted by Gasteiger charge is -2.14. The third-order valence-electron chi connectivity index (χ3n) is 2.32. The van der Waals surface area contributed by atoms with Gasteiger partial charge in [-0.05, 0) is 18.6 Å². The second-order valence-corrected chi connectivity index (χ2v) is 3.88. The first-order chi connectivity index (χ1) is 7.07. The topological polar surface area (TPSA) is 26.0 Å². The maximum Gasteiger partial charge on any atom is 0.142 e. The Morgan fingerprint density at radius 1 is 1.33 bits per heavy atom. The van der Waals surface area contributed by atoms with E-state index in [1.54, 1.807) is 0 Å². The molecule has 1 aromatic carbocycles. The van der Waals surface area contributed by atoms with Gasteiger partial charge in [0.1, 0.15) is 11.6 Å². The van der Waals surface area contributed by atoms with Gasteiger partial charge in [0.05, 0.1) is 5.02 Å². The van der Waals surface area contributed by atoms with E-state index in [1.165, 1.54) is 0 Å². The van der Waals surface area contributed by atoms with E-state index in [2.05, 4.69) is 0 Å². The molecule has 0 heterocycles. The number of nitrogens with two attached hydrogens (primary N) is 1. The summed E-state index contributed by atoms with van der Waals surface area (Å²) < 4.78 is 26.5. The zero-order valence-corrected chi connectivity index (χ0v) is 9.32. The number of hydrogen-bond donors (Lipinski definition) is 1. The highest BCUT2D eigenvalue weighted by molar-refractivity contribution is 6.31. The van der Waals surface area contributed by atoms with Crippen molar-refractivity contribution in [1.82, 2.24) is 0 Å². The Bertz CT molecular complexity index is 342. The first kappa shape index (κ1) is 12.4. The van der Waals surface area contributed by atoms with Crippen molar-refractivity contribution in [3.05, 3.63) is 34.4 Å². The Morgan fingerprint density at radius 3 is 2.53 bits per heavy atom. The molecule has 15 heavy (non-hydrogen) atoms. The minimum atomic E-state index is -0.625. The van der Waals surface area contributed by atoms with Gasteiger partial charge >= 0.3 is 0 Å². The Labute approximate surface area is 93.2 Å². The zero-order chi connectivity index (χ0) is 11.4. The molecule has 0 aromatic heterocycles. The van der Waals surface area contributed by atoms with Crippen molar-refractivity contribution < 1.29 is 8.78 Å². The molecule has 0 aliphatic heterocycles. The average Bonchev–Trinajstić information content (AvgIpc) is 2.21. The van der Waals surface area contributed by atoms with Crippen LogP contribution in [-0.4, -0.2) is 0 Å². The Kier molecular flexibility index (Phi) is 4.48. The van der Waals surface area contributed by atoms with Crippen LogP contribution in [0.5, 0.6) is 0 Å². The van der Waals surface area contributed by atoms with Gasteiger partial charge in [-0.25, -0.2) is 8.78 Å². The highest BCUT2D eigenvalue weighted by Crippen LogP contribution is 2.29. The molecule has 0 spiro atoms. The second kappa shape index (κ2) is 5.42. The highest BCUT2D eigenvalue weighted by Gasteiger charge is 2.17. The fraction of sp³-hybridized carbons (Fsp3) is 0.455. The van der Waals surface area contributed by atoms with E-state index in [1.807, 2.05) is 6.92 Å². The van der Waals surface area contributed by atoms with Gasteiger partial charge in [-0.3, -0.25) is 0 Å². The lowest BCUT2D eigenvalue weighted by molar-refractivity contribution is 0.536. The van der Waals surface area contributed by atoms with Crippen molar-refractivity contribution in [2.45, 2.75) is 32.2 Å². The second-order valence-electron chi connectivity index (χ2n) is 3.51. The number of hydrogen-bond acceptors (Lipinski definition) is 1. The standard InChI is InChI=1S/C11H14ClF2N/c1-2-3-4-9(15)10-7(13)5-6-8(14)11(10)12/h5-6,9H,2-4,15H2,1H3/t9-/m1/s1. The summed E-state index contributed by atoms with van der Waals surface area (Å²) in [4.78, 5) is 0. The molecule has 0 saturated carbocycles. The molecule has 84 valence electrons. The van der Waals surface area contributed by atoms with Gasteiger partial charge in [0.2, 0.25) is 0 Å². The lowest BCUT2D eigenvalue weighted by Crippen LogP contribution is -2.13. The van der Waals surface area contributed by atoms with Crippen molar-refractivity contribution in [3.8, 4) is 0 Å². The molecule has 1 aromatic rings. The molecule has 1 nitrogen and oxygen atoms in total. The van der Waals surface area contributed by atoms with Crippen LogP contribution in [0.4, 0.5) is 8.78 Å². The van der Waals surface area contributed by atoms with Crippen LogP contribution in [0.15, 0.2) is 12.1 Å². The van der Waals surface area contributed by atoms with Crippen molar-refractivity contribution in [2.75, 3.05) is 0 Å². The molecular weight excluding hydrogens is 220 g/mol. The zero-order valence-electron chi connectivity index (χ0n) is 8.56. The van der Waals surface area contributed by atoms with Crippen molar-refractivity contribution in [3.63, 3.8) is 0 Å². The molecular formula is C11H14ClF2N. The molecule has 1 atom stereocenters. The third kappa shape index (κ3) is 2.89. The quantitative estimate of drug-likeness (QED) is 0.787. The minimum Gasteiger partial charge on any atom is -0.324 e. The van der Waals surface area contributed by atoms with Crippen LogP contribution < -0.4 is 5.73 Å². The fourth-order valence-electron chi connectivity index (χ4n) is 1.45. The number of rotatable bonds is 4. The predicted molar refractivity (Wildman–Crippen MR) is 57.8 cm³/mol. The highest BCUT2D eigenvalue weighted by atomic mass is 35.5. The lowest BCUT2D eigenvalue weighted by atomic mass is 10.0. The van der Waals surface area contributed by atoms with Gasteiger partial charge in [0.15, 0.2) is 0 Å². The van der Waals surface area contributed by atoms with E-state index in [0.717, 1.165) is 25.0 Å². The Hall–Kier alpha value is -0.670.